The second-order valence-corrected chi connectivity index (χ2v) is 9.24. The number of Topliss-reactive ketones (excluding diaryl/α,β-unsaturated/α-hetero) is 1. The first kappa shape index (κ1) is 24.0. The molecule has 0 bridgehead atoms. The minimum Gasteiger partial charge on any atom is -0.494 e. The van der Waals surface area contributed by atoms with Gasteiger partial charge in [0.15, 0.2) is 22.5 Å². The van der Waals surface area contributed by atoms with Gasteiger partial charge in [0.25, 0.3) is 0 Å². The van der Waals surface area contributed by atoms with Crippen molar-refractivity contribution in [2.75, 3.05) is 19.0 Å². The van der Waals surface area contributed by atoms with E-state index in [1.807, 2.05) is 0 Å². The summed E-state index contributed by atoms with van der Waals surface area (Å²) in [5.74, 6) is -0.722. The van der Waals surface area contributed by atoms with Crippen LogP contribution in [0.5, 0.6) is 5.75 Å². The third-order valence-electron chi connectivity index (χ3n) is 4.48. The second-order valence-electron chi connectivity index (χ2n) is 6.90. The maximum Gasteiger partial charge on any atom is 0.239 e. The van der Waals surface area contributed by atoms with Crippen LogP contribution in [0.4, 0.5) is 10.1 Å². The first-order valence-corrected chi connectivity index (χ1v) is 10.9. The number of ether oxygens (including phenoxy) is 1. The normalized spacial score (nSPS) is 11.7. The van der Waals surface area contributed by atoms with Crippen LogP contribution in [0.15, 0.2) is 41.3 Å². The number of carbonyl (C=O) groups is 1. The summed E-state index contributed by atoms with van der Waals surface area (Å²) in [5, 5.41) is 10.9. The highest BCUT2D eigenvalue weighted by Crippen LogP contribution is 2.30. The van der Waals surface area contributed by atoms with Crippen LogP contribution >= 0.6 is 23.8 Å². The van der Waals surface area contributed by atoms with Crippen molar-refractivity contribution in [2.45, 2.75) is 24.2 Å². The molecule has 0 radical (unpaired) electrons. The van der Waals surface area contributed by atoms with Crippen molar-refractivity contribution >= 4 is 50.4 Å². The van der Waals surface area contributed by atoms with Crippen LogP contribution in [0.25, 0.3) is 0 Å². The molecule has 0 atom stereocenters. The van der Waals surface area contributed by atoms with Crippen LogP contribution < -0.4 is 20.5 Å². The van der Waals surface area contributed by atoms with Gasteiger partial charge in [-0.2, -0.15) is 0 Å². The van der Waals surface area contributed by atoms with E-state index in [0.717, 1.165) is 0 Å². The number of carbonyl (C=O) groups excluding carboxylic acids is 1. The van der Waals surface area contributed by atoms with Crippen LogP contribution in [0.2, 0.25) is 5.02 Å². The molecular weight excluding hydrogens is 453 g/mol. The number of sulfonamides is 1. The van der Waals surface area contributed by atoms with Gasteiger partial charge < -0.3 is 15.4 Å². The maximum absolute atomic E-state index is 13.5. The lowest BCUT2D eigenvalue weighted by Gasteiger charge is -2.25. The molecule has 0 heterocycles. The van der Waals surface area contributed by atoms with Crippen LogP contribution in [0, 0.1) is 5.82 Å². The van der Waals surface area contributed by atoms with E-state index in [1.54, 1.807) is 19.9 Å². The molecular formula is C19H21ClFN3O4S2. The summed E-state index contributed by atoms with van der Waals surface area (Å²) < 4.78 is 41.8. The largest absolute Gasteiger partial charge is 0.494 e. The summed E-state index contributed by atoms with van der Waals surface area (Å²) in [6.45, 7) is 3.16. The van der Waals surface area contributed by atoms with Gasteiger partial charge >= 0.3 is 0 Å². The number of thiocarbonyl (C=S) groups is 1. The number of primary sulfonamides is 1. The Balaban J connectivity index is 2.09. The molecule has 0 amide bonds. The first-order chi connectivity index (χ1) is 13.9. The zero-order valence-electron chi connectivity index (χ0n) is 16.5. The van der Waals surface area contributed by atoms with Crippen LogP contribution in [-0.2, 0) is 20.2 Å². The highest BCUT2D eigenvalue weighted by Gasteiger charge is 2.31. The van der Waals surface area contributed by atoms with Crippen molar-refractivity contribution in [3.63, 3.8) is 0 Å². The molecule has 0 aliphatic rings. The van der Waals surface area contributed by atoms with Crippen LogP contribution in [-0.4, -0.2) is 33.0 Å². The zero-order chi connectivity index (χ0) is 22.7. The van der Waals surface area contributed by atoms with Crippen molar-refractivity contribution in [1.82, 2.24) is 5.32 Å². The standard InChI is InChI=1S/C19H21ClFN3O4S2/c1-19(2,11-4-6-13(20)16(8-11)30(22,26)27)17(25)10-23-18(29)24-12-5-7-14(21)15(9-12)28-3/h4-9H,10H2,1-3H3,(H2,22,26,27)(H2,23,24,29). The number of nitrogens with one attached hydrogen (secondary N) is 2. The Hall–Kier alpha value is -2.27. The van der Waals surface area contributed by atoms with Crippen molar-refractivity contribution < 1.29 is 22.3 Å². The number of anilines is 1. The van der Waals surface area contributed by atoms with Gasteiger partial charge in [0.05, 0.1) is 24.1 Å². The van der Waals surface area contributed by atoms with E-state index in [9.17, 15) is 17.6 Å². The number of hydrogen-bond donors (Lipinski definition) is 3. The molecule has 4 N–H and O–H groups in total. The summed E-state index contributed by atoms with van der Waals surface area (Å²) in [6, 6.07) is 8.36. The molecule has 0 aliphatic heterocycles. The molecule has 0 spiro atoms. The summed E-state index contributed by atoms with van der Waals surface area (Å²) in [5.41, 5.74) is -0.135. The molecule has 0 saturated heterocycles. The van der Waals surface area contributed by atoms with Gasteiger partial charge in [-0.25, -0.2) is 17.9 Å². The third kappa shape index (κ3) is 5.66. The predicted octanol–water partition coefficient (Wildman–Crippen LogP) is 2.97. The van der Waals surface area contributed by atoms with Crippen molar-refractivity contribution in [3.05, 3.63) is 52.8 Å². The minimum absolute atomic E-state index is 0.0253. The highest BCUT2D eigenvalue weighted by atomic mass is 35.5. The van der Waals surface area contributed by atoms with Gasteiger partial charge in [0.1, 0.15) is 4.90 Å². The van der Waals surface area contributed by atoms with E-state index in [1.165, 1.54) is 37.4 Å². The van der Waals surface area contributed by atoms with Gasteiger partial charge in [0, 0.05) is 11.8 Å². The van der Waals surface area contributed by atoms with Gasteiger partial charge in [-0.3, -0.25) is 4.79 Å². The monoisotopic (exact) mass is 473 g/mol. The number of halogens is 2. The number of hydrogen-bond acceptors (Lipinski definition) is 5. The number of ketones is 1. The number of rotatable bonds is 7. The molecule has 2 rings (SSSR count). The summed E-state index contributed by atoms with van der Waals surface area (Å²) in [6.07, 6.45) is 0. The highest BCUT2D eigenvalue weighted by molar-refractivity contribution is 7.89. The zero-order valence-corrected chi connectivity index (χ0v) is 18.8. The second kappa shape index (κ2) is 9.25. The maximum atomic E-state index is 13.5. The van der Waals surface area contributed by atoms with Gasteiger partial charge in [-0.1, -0.05) is 17.7 Å². The van der Waals surface area contributed by atoms with Crippen molar-refractivity contribution in [1.29, 1.82) is 0 Å². The smallest absolute Gasteiger partial charge is 0.239 e. The van der Waals surface area contributed by atoms with E-state index in [4.69, 9.17) is 33.7 Å². The van der Waals surface area contributed by atoms with Crippen molar-refractivity contribution in [2.24, 2.45) is 5.14 Å². The van der Waals surface area contributed by atoms with E-state index in [0.29, 0.717) is 11.3 Å². The fourth-order valence-electron chi connectivity index (χ4n) is 2.57. The van der Waals surface area contributed by atoms with Gasteiger partial charge in [0.2, 0.25) is 10.0 Å². The Morgan fingerprint density at radius 2 is 1.93 bits per heavy atom. The number of nitrogens with two attached hydrogens (primary N) is 1. The Labute approximate surface area is 184 Å². The number of benzene rings is 2. The molecule has 0 aromatic heterocycles. The first-order valence-electron chi connectivity index (χ1n) is 8.60. The average molecular weight is 474 g/mol. The molecule has 30 heavy (non-hydrogen) atoms. The van der Waals surface area contributed by atoms with E-state index >= 15 is 0 Å². The molecule has 0 aliphatic carbocycles. The molecule has 7 nitrogen and oxygen atoms in total. The Bertz CT molecular complexity index is 1090. The third-order valence-corrected chi connectivity index (χ3v) is 6.11. The lowest BCUT2D eigenvalue weighted by molar-refractivity contribution is -0.122. The molecule has 11 heteroatoms. The fourth-order valence-corrected chi connectivity index (χ4v) is 3.83. The predicted molar refractivity (Wildman–Crippen MR) is 118 cm³/mol. The fraction of sp³-hybridized carbons (Fsp3) is 0.263. The van der Waals surface area contributed by atoms with Gasteiger partial charge in [-0.05, 0) is 55.9 Å². The number of methoxy groups -OCH3 is 1. The lowest BCUT2D eigenvalue weighted by atomic mass is 9.80. The molecule has 0 fully saturated rings. The molecule has 2 aromatic rings. The summed E-state index contributed by atoms with van der Waals surface area (Å²) >= 11 is 11.1. The summed E-state index contributed by atoms with van der Waals surface area (Å²) in [4.78, 5) is 12.5. The molecule has 162 valence electrons. The quantitative estimate of drug-likeness (QED) is 0.530. The average Bonchev–Trinajstić information content (AvgIpc) is 2.66. The Morgan fingerprint density at radius 1 is 1.27 bits per heavy atom. The molecule has 2 aromatic carbocycles. The topological polar surface area (TPSA) is 111 Å². The minimum atomic E-state index is -4.04. The molecule has 0 saturated carbocycles. The summed E-state index contributed by atoms with van der Waals surface area (Å²) in [7, 11) is -2.69. The van der Waals surface area contributed by atoms with Crippen LogP contribution in [0.3, 0.4) is 0 Å². The van der Waals surface area contributed by atoms with E-state index in [-0.39, 0.29) is 33.1 Å². The SMILES string of the molecule is COc1cc(NC(=S)NCC(=O)C(C)(C)c2ccc(Cl)c(S(N)(=O)=O)c2)ccc1F. The van der Waals surface area contributed by atoms with Crippen LogP contribution in [0.1, 0.15) is 19.4 Å². The van der Waals surface area contributed by atoms with Gasteiger partial charge in [-0.15, -0.1) is 0 Å². The molecule has 0 unspecified atom stereocenters. The van der Waals surface area contributed by atoms with Crippen molar-refractivity contribution in [3.8, 4) is 5.75 Å². The van der Waals surface area contributed by atoms with E-state index in [2.05, 4.69) is 10.6 Å². The Kier molecular flexibility index (Phi) is 7.40. The van der Waals surface area contributed by atoms with E-state index < -0.39 is 21.3 Å². The lowest BCUT2D eigenvalue weighted by Crippen LogP contribution is -2.40. The Morgan fingerprint density at radius 3 is 2.53 bits per heavy atom.